The van der Waals surface area contributed by atoms with Crippen LogP contribution in [0, 0.1) is 10.1 Å². The molecular weight excluding hydrogens is 368 g/mol. The third-order valence-electron chi connectivity index (χ3n) is 3.57. The molecule has 3 aromatic carbocycles. The lowest BCUT2D eigenvalue weighted by Crippen LogP contribution is -2.15. The first-order chi connectivity index (χ1) is 11.8. The fraction of sp³-hybridized carbons (Fsp3) is 0. The Morgan fingerprint density at radius 2 is 1.64 bits per heavy atom. The molecular formula is C16H11ClN2O5S. The van der Waals surface area contributed by atoms with Gasteiger partial charge >= 0.3 is 0 Å². The van der Waals surface area contributed by atoms with Gasteiger partial charge in [-0.25, -0.2) is 8.42 Å². The zero-order chi connectivity index (χ0) is 18.2. The van der Waals surface area contributed by atoms with Crippen molar-refractivity contribution >= 4 is 43.8 Å². The predicted octanol–water partition coefficient (Wildman–Crippen LogP) is 3.91. The maximum absolute atomic E-state index is 12.6. The molecule has 0 atom stereocenters. The molecule has 0 amide bonds. The van der Waals surface area contributed by atoms with Crippen molar-refractivity contribution in [3.05, 3.63) is 69.7 Å². The summed E-state index contributed by atoms with van der Waals surface area (Å²) in [7, 11) is -4.24. The molecule has 0 spiro atoms. The van der Waals surface area contributed by atoms with E-state index in [1.54, 1.807) is 24.3 Å². The van der Waals surface area contributed by atoms with Gasteiger partial charge in [0, 0.05) is 16.8 Å². The minimum Gasteiger partial charge on any atom is -0.506 e. The summed E-state index contributed by atoms with van der Waals surface area (Å²) < 4.78 is 27.6. The van der Waals surface area contributed by atoms with Gasteiger partial charge in [0.1, 0.15) is 5.75 Å². The number of anilines is 1. The van der Waals surface area contributed by atoms with Crippen LogP contribution in [0.15, 0.2) is 59.5 Å². The summed E-state index contributed by atoms with van der Waals surface area (Å²) in [6.45, 7) is 0. The molecule has 0 aromatic heterocycles. The highest BCUT2D eigenvalue weighted by Crippen LogP contribution is 2.38. The molecule has 0 unspecified atom stereocenters. The molecule has 0 saturated heterocycles. The van der Waals surface area contributed by atoms with E-state index in [9.17, 15) is 23.6 Å². The summed E-state index contributed by atoms with van der Waals surface area (Å²) in [5, 5.41) is 21.8. The van der Waals surface area contributed by atoms with Gasteiger partial charge in [-0.15, -0.1) is 0 Å². The van der Waals surface area contributed by atoms with Crippen LogP contribution in [0.2, 0.25) is 5.02 Å². The number of aromatic hydroxyl groups is 1. The largest absolute Gasteiger partial charge is 0.506 e. The first kappa shape index (κ1) is 17.0. The van der Waals surface area contributed by atoms with Crippen LogP contribution in [-0.4, -0.2) is 18.4 Å². The van der Waals surface area contributed by atoms with E-state index in [-0.39, 0.29) is 16.5 Å². The fourth-order valence-electron chi connectivity index (χ4n) is 2.45. The standard InChI is InChI=1S/C16H11ClN2O5S/c17-12-9-13(10-5-1-2-6-11(10)16(12)20)18-25(23,24)15-8-4-3-7-14(15)19(21)22/h1-9,18,20H. The highest BCUT2D eigenvalue weighted by molar-refractivity contribution is 7.92. The first-order valence-corrected chi connectivity index (χ1v) is 8.84. The highest BCUT2D eigenvalue weighted by Gasteiger charge is 2.26. The van der Waals surface area contributed by atoms with Gasteiger partial charge in [0.15, 0.2) is 4.90 Å². The van der Waals surface area contributed by atoms with Gasteiger partial charge in [-0.1, -0.05) is 48.0 Å². The summed E-state index contributed by atoms with van der Waals surface area (Å²) in [6.07, 6.45) is 0. The Balaban J connectivity index is 2.16. The molecule has 0 aliphatic rings. The molecule has 0 bridgehead atoms. The Hall–Kier alpha value is -2.84. The third-order valence-corrected chi connectivity index (χ3v) is 5.27. The summed E-state index contributed by atoms with van der Waals surface area (Å²) in [5.74, 6) is -0.175. The molecule has 2 N–H and O–H groups in total. The average molecular weight is 379 g/mol. The van der Waals surface area contributed by atoms with E-state index in [1.807, 2.05) is 0 Å². The summed E-state index contributed by atoms with van der Waals surface area (Å²) >= 11 is 5.96. The molecule has 3 aromatic rings. The number of halogens is 1. The van der Waals surface area contributed by atoms with E-state index in [2.05, 4.69) is 4.72 Å². The molecule has 3 rings (SSSR count). The fourth-order valence-corrected chi connectivity index (χ4v) is 3.90. The van der Waals surface area contributed by atoms with Crippen LogP contribution in [0.4, 0.5) is 11.4 Å². The maximum Gasteiger partial charge on any atom is 0.289 e. The Labute approximate surface area is 147 Å². The predicted molar refractivity (Wildman–Crippen MR) is 94.5 cm³/mol. The van der Waals surface area contributed by atoms with Crippen molar-refractivity contribution in [3.63, 3.8) is 0 Å². The number of nitrogens with zero attached hydrogens (tertiary/aromatic N) is 1. The number of fused-ring (bicyclic) bond motifs is 1. The lowest BCUT2D eigenvalue weighted by atomic mass is 10.1. The minimum absolute atomic E-state index is 0.0426. The van der Waals surface area contributed by atoms with Crippen molar-refractivity contribution in [2.75, 3.05) is 4.72 Å². The topological polar surface area (TPSA) is 110 Å². The van der Waals surface area contributed by atoms with Gasteiger partial charge in [-0.3, -0.25) is 14.8 Å². The second-order valence-electron chi connectivity index (χ2n) is 5.13. The van der Waals surface area contributed by atoms with Crippen molar-refractivity contribution < 1.29 is 18.4 Å². The van der Waals surface area contributed by atoms with E-state index < -0.39 is 25.5 Å². The van der Waals surface area contributed by atoms with Crippen LogP contribution in [0.25, 0.3) is 10.8 Å². The number of rotatable bonds is 4. The molecule has 0 aliphatic carbocycles. The zero-order valence-corrected chi connectivity index (χ0v) is 14.1. The van der Waals surface area contributed by atoms with E-state index >= 15 is 0 Å². The number of hydrogen-bond donors (Lipinski definition) is 2. The molecule has 0 radical (unpaired) electrons. The second kappa shape index (κ2) is 6.23. The van der Waals surface area contributed by atoms with Gasteiger partial charge in [0.05, 0.1) is 15.6 Å². The Kier molecular flexibility index (Phi) is 4.23. The van der Waals surface area contributed by atoms with Crippen molar-refractivity contribution in [1.82, 2.24) is 0 Å². The Morgan fingerprint density at radius 1 is 1.04 bits per heavy atom. The number of nitro benzene ring substituents is 1. The smallest absolute Gasteiger partial charge is 0.289 e. The van der Waals surface area contributed by atoms with Gasteiger partial charge < -0.3 is 5.11 Å². The molecule has 9 heteroatoms. The zero-order valence-electron chi connectivity index (χ0n) is 12.5. The maximum atomic E-state index is 12.6. The number of para-hydroxylation sites is 1. The number of phenolic OH excluding ortho intramolecular Hbond substituents is 1. The number of nitrogens with one attached hydrogen (secondary N) is 1. The number of hydrogen-bond acceptors (Lipinski definition) is 5. The van der Waals surface area contributed by atoms with Crippen LogP contribution >= 0.6 is 11.6 Å². The Bertz CT molecular complexity index is 1100. The van der Waals surface area contributed by atoms with Gasteiger partial charge in [0.2, 0.25) is 0 Å². The van der Waals surface area contributed by atoms with Crippen LogP contribution in [0.3, 0.4) is 0 Å². The highest BCUT2D eigenvalue weighted by atomic mass is 35.5. The number of sulfonamides is 1. The second-order valence-corrected chi connectivity index (χ2v) is 7.19. The molecule has 0 heterocycles. The monoisotopic (exact) mass is 378 g/mol. The third kappa shape index (κ3) is 3.09. The summed E-state index contributed by atoms with van der Waals surface area (Å²) in [6, 6.07) is 12.8. The molecule has 25 heavy (non-hydrogen) atoms. The number of benzene rings is 3. The van der Waals surface area contributed by atoms with Crippen molar-refractivity contribution in [1.29, 1.82) is 0 Å². The Morgan fingerprint density at radius 3 is 2.32 bits per heavy atom. The molecule has 0 fully saturated rings. The van der Waals surface area contributed by atoms with Crippen LogP contribution in [0.1, 0.15) is 0 Å². The molecule has 7 nitrogen and oxygen atoms in total. The van der Waals surface area contributed by atoms with Crippen LogP contribution in [-0.2, 0) is 10.0 Å². The van der Waals surface area contributed by atoms with Crippen LogP contribution < -0.4 is 4.72 Å². The minimum atomic E-state index is -4.24. The number of phenols is 1. The first-order valence-electron chi connectivity index (χ1n) is 6.97. The van der Waals surface area contributed by atoms with E-state index in [0.717, 1.165) is 12.1 Å². The molecule has 128 valence electrons. The van der Waals surface area contributed by atoms with Crippen molar-refractivity contribution in [2.45, 2.75) is 4.90 Å². The number of nitro groups is 1. The normalized spacial score (nSPS) is 11.4. The van der Waals surface area contributed by atoms with E-state index in [0.29, 0.717) is 10.8 Å². The van der Waals surface area contributed by atoms with Gasteiger partial charge in [0.25, 0.3) is 15.7 Å². The van der Waals surface area contributed by atoms with Crippen molar-refractivity contribution in [3.8, 4) is 5.75 Å². The lowest BCUT2D eigenvalue weighted by Gasteiger charge is -2.13. The quantitative estimate of drug-likeness (QED) is 0.406. The van der Waals surface area contributed by atoms with Gasteiger partial charge in [-0.2, -0.15) is 0 Å². The molecule has 0 saturated carbocycles. The lowest BCUT2D eigenvalue weighted by molar-refractivity contribution is -0.387. The summed E-state index contributed by atoms with van der Waals surface area (Å²) in [4.78, 5) is 9.86. The SMILES string of the molecule is O=[N+]([O-])c1ccccc1S(=O)(=O)Nc1cc(Cl)c(O)c2ccccc12. The summed E-state index contributed by atoms with van der Waals surface area (Å²) in [5.41, 5.74) is -0.430. The van der Waals surface area contributed by atoms with Crippen molar-refractivity contribution in [2.24, 2.45) is 0 Å². The van der Waals surface area contributed by atoms with E-state index in [4.69, 9.17) is 11.6 Å². The average Bonchev–Trinajstić information content (AvgIpc) is 2.59. The van der Waals surface area contributed by atoms with Gasteiger partial charge in [-0.05, 0) is 12.1 Å². The van der Waals surface area contributed by atoms with E-state index in [1.165, 1.54) is 18.2 Å². The molecule has 0 aliphatic heterocycles. The van der Waals surface area contributed by atoms with Crippen LogP contribution in [0.5, 0.6) is 5.75 Å².